The normalized spacial score (nSPS) is 20.4. The summed E-state index contributed by atoms with van der Waals surface area (Å²) in [4.78, 5) is 4.62. The van der Waals surface area contributed by atoms with Gasteiger partial charge < -0.3 is 9.88 Å². The monoisotopic (exact) mass is 243 g/mol. The van der Waals surface area contributed by atoms with E-state index in [1.807, 2.05) is 0 Å². The number of benzene rings is 1. The van der Waals surface area contributed by atoms with Crippen LogP contribution in [0.1, 0.15) is 25.1 Å². The summed E-state index contributed by atoms with van der Waals surface area (Å²) in [6, 6.07) is 8.43. The summed E-state index contributed by atoms with van der Waals surface area (Å²) in [5.41, 5.74) is 2.40. The van der Waals surface area contributed by atoms with Crippen molar-refractivity contribution in [3.05, 3.63) is 30.1 Å². The topological polar surface area (TPSA) is 29.9 Å². The van der Waals surface area contributed by atoms with Gasteiger partial charge >= 0.3 is 0 Å². The van der Waals surface area contributed by atoms with Gasteiger partial charge in [-0.3, -0.25) is 0 Å². The Labute approximate surface area is 108 Å². The second-order valence-corrected chi connectivity index (χ2v) is 5.30. The first-order chi connectivity index (χ1) is 8.84. The van der Waals surface area contributed by atoms with Gasteiger partial charge in [-0.25, -0.2) is 4.98 Å². The molecule has 0 bridgehead atoms. The number of hydrogen-bond donors (Lipinski definition) is 1. The molecule has 1 N–H and O–H groups in total. The molecule has 1 aromatic carbocycles. The number of rotatable bonds is 3. The zero-order chi connectivity index (χ0) is 12.4. The number of fused-ring (bicyclic) bond motifs is 1. The summed E-state index contributed by atoms with van der Waals surface area (Å²) < 4.78 is 2.37. The highest BCUT2D eigenvalue weighted by atomic mass is 15.1. The van der Waals surface area contributed by atoms with Gasteiger partial charge in [0.2, 0.25) is 0 Å². The quantitative estimate of drug-likeness (QED) is 0.898. The van der Waals surface area contributed by atoms with Gasteiger partial charge in [0.05, 0.1) is 11.0 Å². The van der Waals surface area contributed by atoms with Crippen LogP contribution in [0.4, 0.5) is 0 Å². The maximum absolute atomic E-state index is 4.62. The Kier molecular flexibility index (Phi) is 3.33. The molecule has 2 aromatic rings. The van der Waals surface area contributed by atoms with Crippen LogP contribution in [0.25, 0.3) is 11.0 Å². The molecular formula is C15H21N3. The van der Waals surface area contributed by atoms with Crippen molar-refractivity contribution < 1.29 is 0 Å². The molecule has 1 saturated heterocycles. The summed E-state index contributed by atoms with van der Waals surface area (Å²) in [5, 5.41) is 3.49. The highest BCUT2D eigenvalue weighted by Crippen LogP contribution is 2.19. The van der Waals surface area contributed by atoms with Gasteiger partial charge in [0.1, 0.15) is 5.82 Å². The molecule has 3 nitrogen and oxygen atoms in total. The highest BCUT2D eigenvalue weighted by Gasteiger charge is 2.14. The zero-order valence-electron chi connectivity index (χ0n) is 11.0. The Balaban J connectivity index is 1.75. The molecule has 1 aromatic heterocycles. The minimum absolute atomic E-state index is 0.833. The fourth-order valence-electron chi connectivity index (χ4n) is 2.96. The van der Waals surface area contributed by atoms with E-state index in [-0.39, 0.29) is 0 Å². The fourth-order valence-corrected chi connectivity index (χ4v) is 2.96. The first-order valence-corrected chi connectivity index (χ1v) is 6.97. The molecule has 3 heteroatoms. The lowest BCUT2D eigenvalue weighted by atomic mass is 9.96. The molecular weight excluding hydrogens is 222 g/mol. The fraction of sp³-hybridized carbons (Fsp3) is 0.533. The molecule has 1 fully saturated rings. The van der Waals surface area contributed by atoms with E-state index in [1.54, 1.807) is 0 Å². The molecule has 0 aliphatic carbocycles. The van der Waals surface area contributed by atoms with Crippen molar-refractivity contribution in [2.75, 3.05) is 13.1 Å². The molecule has 18 heavy (non-hydrogen) atoms. The van der Waals surface area contributed by atoms with Crippen LogP contribution < -0.4 is 5.32 Å². The van der Waals surface area contributed by atoms with Crippen LogP contribution in [0.15, 0.2) is 24.3 Å². The minimum Gasteiger partial charge on any atom is -0.328 e. The molecule has 1 unspecified atom stereocenters. The minimum atomic E-state index is 0.833. The van der Waals surface area contributed by atoms with Gasteiger partial charge in [0.25, 0.3) is 0 Å². The number of piperidine rings is 1. The molecule has 2 heterocycles. The van der Waals surface area contributed by atoms with Gasteiger partial charge in [-0.05, 0) is 57.3 Å². The lowest BCUT2D eigenvalue weighted by Crippen LogP contribution is -2.30. The largest absolute Gasteiger partial charge is 0.328 e. The molecule has 96 valence electrons. The number of nitrogens with zero attached hydrogens (tertiary/aromatic N) is 2. The summed E-state index contributed by atoms with van der Waals surface area (Å²) in [5.74, 6) is 1.97. The lowest BCUT2D eigenvalue weighted by molar-refractivity contribution is 0.342. The summed E-state index contributed by atoms with van der Waals surface area (Å²) in [7, 11) is 0. The van der Waals surface area contributed by atoms with Crippen LogP contribution in [0.2, 0.25) is 0 Å². The Morgan fingerprint density at radius 3 is 3.11 bits per heavy atom. The first-order valence-electron chi connectivity index (χ1n) is 6.97. The van der Waals surface area contributed by atoms with Crippen molar-refractivity contribution in [2.45, 2.75) is 32.7 Å². The van der Waals surface area contributed by atoms with Crippen LogP contribution in [0.5, 0.6) is 0 Å². The Bertz CT molecular complexity index is 524. The van der Waals surface area contributed by atoms with Gasteiger partial charge in [-0.15, -0.1) is 0 Å². The zero-order valence-corrected chi connectivity index (χ0v) is 11.0. The third-order valence-corrected chi connectivity index (χ3v) is 4.01. The number of para-hydroxylation sites is 2. The standard InChI is InChI=1S/C15H21N3/c1-12-17-14-6-2-3-7-15(14)18(12)10-8-13-5-4-9-16-11-13/h2-3,6-7,13,16H,4-5,8-11H2,1H3. The van der Waals surface area contributed by atoms with Crippen LogP contribution >= 0.6 is 0 Å². The van der Waals surface area contributed by atoms with Gasteiger partial charge in [0, 0.05) is 6.54 Å². The molecule has 0 amide bonds. The Morgan fingerprint density at radius 2 is 2.28 bits per heavy atom. The van der Waals surface area contributed by atoms with E-state index in [4.69, 9.17) is 0 Å². The van der Waals surface area contributed by atoms with E-state index in [2.05, 4.69) is 46.1 Å². The Morgan fingerprint density at radius 1 is 1.39 bits per heavy atom. The van der Waals surface area contributed by atoms with Crippen molar-refractivity contribution in [2.24, 2.45) is 5.92 Å². The smallest absolute Gasteiger partial charge is 0.106 e. The van der Waals surface area contributed by atoms with E-state index in [0.29, 0.717) is 0 Å². The predicted molar refractivity (Wildman–Crippen MR) is 74.7 cm³/mol. The number of aryl methyl sites for hydroxylation is 2. The van der Waals surface area contributed by atoms with Crippen LogP contribution in [-0.4, -0.2) is 22.6 Å². The summed E-state index contributed by atoms with van der Waals surface area (Å²) in [6.45, 7) is 5.59. The van der Waals surface area contributed by atoms with E-state index >= 15 is 0 Å². The third kappa shape index (κ3) is 2.27. The molecule has 0 saturated carbocycles. The summed E-state index contributed by atoms with van der Waals surface area (Å²) >= 11 is 0. The van der Waals surface area contributed by atoms with Crippen molar-refractivity contribution >= 4 is 11.0 Å². The van der Waals surface area contributed by atoms with E-state index < -0.39 is 0 Å². The van der Waals surface area contributed by atoms with Crippen LogP contribution in [-0.2, 0) is 6.54 Å². The molecule has 1 atom stereocenters. The van der Waals surface area contributed by atoms with E-state index in [9.17, 15) is 0 Å². The third-order valence-electron chi connectivity index (χ3n) is 4.01. The van der Waals surface area contributed by atoms with Crippen molar-refractivity contribution in [3.63, 3.8) is 0 Å². The van der Waals surface area contributed by atoms with Crippen molar-refractivity contribution in [3.8, 4) is 0 Å². The second kappa shape index (κ2) is 5.11. The average Bonchev–Trinajstić information content (AvgIpc) is 2.73. The lowest BCUT2D eigenvalue weighted by Gasteiger charge is -2.23. The number of imidazole rings is 1. The first kappa shape index (κ1) is 11.7. The van der Waals surface area contributed by atoms with Crippen molar-refractivity contribution in [1.29, 1.82) is 0 Å². The molecule has 3 rings (SSSR count). The highest BCUT2D eigenvalue weighted by molar-refractivity contribution is 5.75. The van der Waals surface area contributed by atoms with Crippen LogP contribution in [0.3, 0.4) is 0 Å². The van der Waals surface area contributed by atoms with Gasteiger partial charge in [-0.1, -0.05) is 12.1 Å². The maximum atomic E-state index is 4.62. The summed E-state index contributed by atoms with van der Waals surface area (Å²) in [6.07, 6.45) is 3.96. The van der Waals surface area contributed by atoms with E-state index in [1.165, 1.54) is 37.9 Å². The molecule has 1 aliphatic heterocycles. The Hall–Kier alpha value is -1.35. The van der Waals surface area contributed by atoms with Gasteiger partial charge in [0.15, 0.2) is 0 Å². The van der Waals surface area contributed by atoms with Gasteiger partial charge in [-0.2, -0.15) is 0 Å². The predicted octanol–water partition coefficient (Wildman–Crippen LogP) is 2.73. The molecule has 0 radical (unpaired) electrons. The van der Waals surface area contributed by atoms with Crippen LogP contribution in [0, 0.1) is 12.8 Å². The molecule has 0 spiro atoms. The number of aromatic nitrogens is 2. The maximum Gasteiger partial charge on any atom is 0.106 e. The number of hydrogen-bond acceptors (Lipinski definition) is 2. The van der Waals surface area contributed by atoms with Crippen molar-refractivity contribution in [1.82, 2.24) is 14.9 Å². The number of nitrogens with one attached hydrogen (secondary N) is 1. The average molecular weight is 243 g/mol. The molecule has 1 aliphatic rings. The SMILES string of the molecule is Cc1nc2ccccc2n1CCC1CCCNC1. The second-order valence-electron chi connectivity index (χ2n) is 5.30. The van der Waals surface area contributed by atoms with E-state index in [0.717, 1.165) is 23.8 Å².